The first kappa shape index (κ1) is 11.0. The Hall–Kier alpha value is -0.450. The predicted octanol–water partition coefficient (Wildman–Crippen LogP) is -0.732. The lowest BCUT2D eigenvalue weighted by molar-refractivity contribution is -0.133. The highest BCUT2D eigenvalue weighted by Gasteiger charge is 2.37. The van der Waals surface area contributed by atoms with Crippen molar-refractivity contribution in [1.29, 1.82) is 0 Å². The molecule has 2 saturated heterocycles. The van der Waals surface area contributed by atoms with Gasteiger partial charge in [0.05, 0.1) is 0 Å². The zero-order chi connectivity index (χ0) is 10.8. The van der Waals surface area contributed by atoms with Crippen LogP contribution in [-0.2, 0) is 4.79 Å². The van der Waals surface area contributed by atoms with E-state index in [2.05, 4.69) is 29.2 Å². The summed E-state index contributed by atoms with van der Waals surface area (Å²) < 4.78 is 0. The van der Waals surface area contributed by atoms with E-state index in [1.54, 1.807) is 0 Å². The van der Waals surface area contributed by atoms with Gasteiger partial charge in [0.2, 0.25) is 0 Å². The molecule has 0 aliphatic carbocycles. The van der Waals surface area contributed by atoms with Crippen LogP contribution < -0.4 is 5.32 Å². The molecule has 0 aromatic carbocycles. The van der Waals surface area contributed by atoms with E-state index in [4.69, 9.17) is 0 Å². The average Bonchev–Trinajstić information content (AvgIpc) is 2.15. The topological polar surface area (TPSA) is 35.6 Å². The molecule has 0 aromatic heterocycles. The summed E-state index contributed by atoms with van der Waals surface area (Å²) >= 11 is 0. The lowest BCUT2D eigenvalue weighted by atomic mass is 9.84. The molecule has 1 N–H and O–H groups in total. The van der Waals surface area contributed by atoms with Crippen LogP contribution in [0.3, 0.4) is 0 Å². The van der Waals surface area contributed by atoms with Gasteiger partial charge in [-0.05, 0) is 14.1 Å². The minimum Gasteiger partial charge on any atom is -0.315 e. The number of ketones is 1. The number of likely N-dealkylation sites (tertiary alicyclic amines) is 1. The average molecular weight is 211 g/mol. The second kappa shape index (κ2) is 4.60. The molecule has 2 bridgehead atoms. The van der Waals surface area contributed by atoms with Gasteiger partial charge in [-0.3, -0.25) is 4.79 Å². The molecular weight excluding hydrogens is 190 g/mol. The number of hydrogen-bond donors (Lipinski definition) is 1. The molecule has 0 aromatic rings. The molecule has 2 unspecified atom stereocenters. The Labute approximate surface area is 91.6 Å². The number of piperidine rings is 2. The number of carbonyl (C=O) groups excluding carboxylic acids is 1. The molecule has 2 heterocycles. The first-order valence-electron chi connectivity index (χ1n) is 5.78. The fraction of sp³-hybridized carbons (Fsp3) is 0.909. The molecular formula is C11H21N3O. The van der Waals surface area contributed by atoms with Crippen LogP contribution in [0.25, 0.3) is 0 Å². The first-order valence-corrected chi connectivity index (χ1v) is 5.78. The lowest BCUT2D eigenvalue weighted by Crippen LogP contribution is -2.57. The maximum atomic E-state index is 11.8. The third kappa shape index (κ3) is 2.56. The maximum Gasteiger partial charge on any atom is 0.144 e. The molecule has 2 atom stereocenters. The number of fused-ring (bicyclic) bond motifs is 2. The van der Waals surface area contributed by atoms with E-state index in [-0.39, 0.29) is 11.8 Å². The molecule has 0 spiro atoms. The van der Waals surface area contributed by atoms with Gasteiger partial charge in [0.1, 0.15) is 5.78 Å². The quantitative estimate of drug-likeness (QED) is 0.667. The Balaban J connectivity index is 1.87. The number of likely N-dealkylation sites (N-methyl/N-ethyl adjacent to an activating group) is 1. The van der Waals surface area contributed by atoms with E-state index in [0.717, 1.165) is 39.3 Å². The Bertz CT molecular complexity index is 226. The summed E-state index contributed by atoms with van der Waals surface area (Å²) in [5, 5.41) is 3.34. The Kier molecular flexibility index (Phi) is 3.38. The van der Waals surface area contributed by atoms with Gasteiger partial charge in [0.15, 0.2) is 0 Å². The number of hydrogen-bond acceptors (Lipinski definition) is 4. The number of carbonyl (C=O) groups is 1. The van der Waals surface area contributed by atoms with Gasteiger partial charge >= 0.3 is 0 Å². The summed E-state index contributed by atoms with van der Waals surface area (Å²) in [5.74, 6) is 0.995. The summed E-state index contributed by atoms with van der Waals surface area (Å²) in [5.41, 5.74) is 0. The second-order valence-electron chi connectivity index (χ2n) is 5.02. The van der Waals surface area contributed by atoms with Gasteiger partial charge in [0.25, 0.3) is 0 Å². The minimum absolute atomic E-state index is 0.250. The monoisotopic (exact) mass is 211 g/mol. The van der Waals surface area contributed by atoms with Crippen molar-refractivity contribution in [1.82, 2.24) is 15.1 Å². The van der Waals surface area contributed by atoms with E-state index in [0.29, 0.717) is 5.78 Å². The van der Waals surface area contributed by atoms with Crippen molar-refractivity contribution in [2.45, 2.75) is 0 Å². The fourth-order valence-corrected chi connectivity index (χ4v) is 2.50. The summed E-state index contributed by atoms with van der Waals surface area (Å²) in [6, 6.07) is 0. The number of nitrogens with zero attached hydrogens (tertiary/aromatic N) is 2. The van der Waals surface area contributed by atoms with Gasteiger partial charge in [-0.1, -0.05) is 0 Å². The van der Waals surface area contributed by atoms with Crippen molar-refractivity contribution in [3.8, 4) is 0 Å². The predicted molar refractivity (Wildman–Crippen MR) is 59.9 cm³/mol. The van der Waals surface area contributed by atoms with Crippen molar-refractivity contribution >= 4 is 5.78 Å². The van der Waals surface area contributed by atoms with Crippen molar-refractivity contribution in [3.05, 3.63) is 0 Å². The first-order chi connectivity index (χ1) is 7.16. The molecule has 0 radical (unpaired) electrons. The molecule has 86 valence electrons. The van der Waals surface area contributed by atoms with Gasteiger partial charge in [-0.2, -0.15) is 0 Å². The SMILES string of the molecule is CN(C)CCN1CC2CNCC(C1)C2=O. The summed E-state index contributed by atoms with van der Waals surface area (Å²) in [6.45, 7) is 5.85. The maximum absolute atomic E-state index is 11.8. The van der Waals surface area contributed by atoms with Crippen molar-refractivity contribution < 1.29 is 4.79 Å². The highest BCUT2D eigenvalue weighted by atomic mass is 16.1. The van der Waals surface area contributed by atoms with Crippen LogP contribution in [0.1, 0.15) is 0 Å². The zero-order valence-corrected chi connectivity index (χ0v) is 9.70. The Morgan fingerprint density at radius 3 is 2.47 bits per heavy atom. The molecule has 0 amide bonds. The van der Waals surface area contributed by atoms with E-state index < -0.39 is 0 Å². The van der Waals surface area contributed by atoms with Crippen LogP contribution >= 0.6 is 0 Å². The van der Waals surface area contributed by atoms with Crippen molar-refractivity contribution in [3.63, 3.8) is 0 Å². The highest BCUT2D eigenvalue weighted by Crippen LogP contribution is 2.20. The molecule has 2 fully saturated rings. The lowest BCUT2D eigenvalue weighted by Gasteiger charge is -2.40. The number of nitrogens with one attached hydrogen (secondary N) is 1. The molecule has 0 saturated carbocycles. The van der Waals surface area contributed by atoms with Crippen LogP contribution in [-0.4, -0.2) is 68.9 Å². The van der Waals surface area contributed by atoms with E-state index in [1.807, 2.05) is 0 Å². The summed E-state index contributed by atoms with van der Waals surface area (Å²) in [4.78, 5) is 16.5. The summed E-state index contributed by atoms with van der Waals surface area (Å²) in [6.07, 6.45) is 0. The van der Waals surface area contributed by atoms with Crippen LogP contribution in [0.15, 0.2) is 0 Å². The Morgan fingerprint density at radius 2 is 1.93 bits per heavy atom. The standard InChI is InChI=1S/C11H21N3O/c1-13(2)3-4-14-7-9-5-12-6-10(8-14)11(9)15/h9-10,12H,3-8H2,1-2H3. The second-order valence-corrected chi connectivity index (χ2v) is 5.02. The van der Waals surface area contributed by atoms with E-state index >= 15 is 0 Å². The van der Waals surface area contributed by atoms with E-state index in [1.165, 1.54) is 0 Å². The Morgan fingerprint density at radius 1 is 1.33 bits per heavy atom. The third-order valence-corrected chi connectivity index (χ3v) is 3.41. The van der Waals surface area contributed by atoms with Gasteiger partial charge in [-0.15, -0.1) is 0 Å². The number of Topliss-reactive ketones (excluding diaryl/α,β-unsaturated/α-hetero) is 1. The largest absolute Gasteiger partial charge is 0.315 e. The normalized spacial score (nSPS) is 32.3. The molecule has 2 aliphatic rings. The third-order valence-electron chi connectivity index (χ3n) is 3.41. The molecule has 4 heteroatoms. The smallest absolute Gasteiger partial charge is 0.144 e. The highest BCUT2D eigenvalue weighted by molar-refractivity contribution is 5.85. The molecule has 2 aliphatic heterocycles. The van der Waals surface area contributed by atoms with Crippen LogP contribution in [0.5, 0.6) is 0 Å². The molecule has 15 heavy (non-hydrogen) atoms. The fourth-order valence-electron chi connectivity index (χ4n) is 2.50. The van der Waals surface area contributed by atoms with Gasteiger partial charge < -0.3 is 15.1 Å². The van der Waals surface area contributed by atoms with Gasteiger partial charge in [0, 0.05) is 51.1 Å². The van der Waals surface area contributed by atoms with Gasteiger partial charge in [-0.25, -0.2) is 0 Å². The van der Waals surface area contributed by atoms with Crippen molar-refractivity contribution in [2.24, 2.45) is 11.8 Å². The number of rotatable bonds is 3. The van der Waals surface area contributed by atoms with E-state index in [9.17, 15) is 4.79 Å². The zero-order valence-electron chi connectivity index (χ0n) is 9.70. The van der Waals surface area contributed by atoms with Crippen LogP contribution in [0, 0.1) is 11.8 Å². The van der Waals surface area contributed by atoms with Crippen molar-refractivity contribution in [2.75, 3.05) is 53.4 Å². The van der Waals surface area contributed by atoms with Crippen LogP contribution in [0.4, 0.5) is 0 Å². The molecule has 2 rings (SSSR count). The van der Waals surface area contributed by atoms with Crippen LogP contribution in [0.2, 0.25) is 0 Å². The minimum atomic E-state index is 0.250. The summed E-state index contributed by atoms with van der Waals surface area (Å²) in [7, 11) is 4.19. The molecule has 4 nitrogen and oxygen atoms in total.